The number of hydrogen-bond acceptors (Lipinski definition) is 4. The number of aromatic nitrogens is 1. The van der Waals surface area contributed by atoms with Crippen LogP contribution in [0.15, 0.2) is 36.5 Å². The van der Waals surface area contributed by atoms with Gasteiger partial charge in [0.05, 0.1) is 25.3 Å². The number of carboxylic acids is 1. The average molecular weight is 326 g/mol. The van der Waals surface area contributed by atoms with Gasteiger partial charge in [-0.3, -0.25) is 9.78 Å². The van der Waals surface area contributed by atoms with Gasteiger partial charge >= 0.3 is 5.97 Å². The second kappa shape index (κ2) is 7.01. The lowest BCUT2D eigenvalue weighted by Crippen LogP contribution is -2.43. The summed E-state index contributed by atoms with van der Waals surface area (Å²) in [7, 11) is 0. The molecule has 1 N–H and O–H groups in total. The van der Waals surface area contributed by atoms with E-state index in [1.807, 2.05) is 6.07 Å². The summed E-state index contributed by atoms with van der Waals surface area (Å²) in [5.41, 5.74) is 5.08. The van der Waals surface area contributed by atoms with Crippen molar-refractivity contribution in [3.05, 3.63) is 47.8 Å². The fourth-order valence-electron chi connectivity index (χ4n) is 3.10. The van der Waals surface area contributed by atoms with Crippen LogP contribution in [0.3, 0.4) is 0 Å². The summed E-state index contributed by atoms with van der Waals surface area (Å²) in [6, 6.07) is 10.5. The monoisotopic (exact) mass is 326 g/mol. The van der Waals surface area contributed by atoms with Gasteiger partial charge in [0.1, 0.15) is 0 Å². The van der Waals surface area contributed by atoms with Crippen molar-refractivity contribution in [1.82, 2.24) is 4.98 Å². The Balaban J connectivity index is 1.83. The van der Waals surface area contributed by atoms with Crippen molar-refractivity contribution in [3.8, 4) is 11.1 Å². The molecular weight excluding hydrogens is 304 g/mol. The molecule has 1 aromatic heterocycles. The molecule has 0 amide bonds. The Morgan fingerprint density at radius 1 is 1.38 bits per heavy atom. The zero-order valence-corrected chi connectivity index (χ0v) is 14.0. The first kappa shape index (κ1) is 16.5. The zero-order valence-electron chi connectivity index (χ0n) is 14.0. The van der Waals surface area contributed by atoms with Gasteiger partial charge in [0.2, 0.25) is 0 Å². The molecule has 2 aromatic rings. The molecule has 1 aromatic carbocycles. The van der Waals surface area contributed by atoms with Gasteiger partial charge in [0, 0.05) is 30.0 Å². The fraction of sp³-hybridized carbons (Fsp3) is 0.368. The van der Waals surface area contributed by atoms with Crippen LogP contribution in [0.5, 0.6) is 0 Å². The summed E-state index contributed by atoms with van der Waals surface area (Å²) in [5, 5.41) is 8.82. The van der Waals surface area contributed by atoms with Gasteiger partial charge in [-0.15, -0.1) is 0 Å². The molecule has 0 bridgehead atoms. The summed E-state index contributed by atoms with van der Waals surface area (Å²) in [5.74, 6) is -0.865. The van der Waals surface area contributed by atoms with E-state index in [-0.39, 0.29) is 6.42 Å². The number of morpholine rings is 1. The van der Waals surface area contributed by atoms with Crippen LogP contribution < -0.4 is 4.90 Å². The van der Waals surface area contributed by atoms with Crippen LogP contribution in [0.4, 0.5) is 5.69 Å². The highest BCUT2D eigenvalue weighted by Gasteiger charge is 2.19. The lowest BCUT2D eigenvalue weighted by Gasteiger charge is -2.35. The molecule has 3 rings (SSSR count). The van der Waals surface area contributed by atoms with Crippen LogP contribution in [0.25, 0.3) is 11.1 Å². The topological polar surface area (TPSA) is 62.7 Å². The van der Waals surface area contributed by atoms with Gasteiger partial charge in [-0.1, -0.05) is 12.1 Å². The summed E-state index contributed by atoms with van der Waals surface area (Å²) >= 11 is 0. The maximum Gasteiger partial charge on any atom is 0.309 e. The van der Waals surface area contributed by atoms with E-state index in [1.165, 1.54) is 11.3 Å². The quantitative estimate of drug-likeness (QED) is 0.936. The fourth-order valence-corrected chi connectivity index (χ4v) is 3.10. The highest BCUT2D eigenvalue weighted by Crippen LogP contribution is 2.28. The van der Waals surface area contributed by atoms with Crippen LogP contribution in [0.2, 0.25) is 0 Å². The minimum Gasteiger partial charge on any atom is -0.481 e. The maximum absolute atomic E-state index is 10.7. The van der Waals surface area contributed by atoms with Crippen LogP contribution >= 0.6 is 0 Å². The first-order chi connectivity index (χ1) is 11.5. The summed E-state index contributed by atoms with van der Waals surface area (Å²) in [4.78, 5) is 17.4. The number of rotatable bonds is 4. The normalized spacial score (nSPS) is 17.8. The van der Waals surface area contributed by atoms with Gasteiger partial charge < -0.3 is 14.7 Å². The first-order valence-corrected chi connectivity index (χ1v) is 8.17. The third-order valence-electron chi connectivity index (χ3n) is 4.38. The molecule has 0 aliphatic carbocycles. The molecule has 5 nitrogen and oxygen atoms in total. The number of nitrogens with zero attached hydrogens (tertiary/aromatic N) is 2. The van der Waals surface area contributed by atoms with Crippen molar-refractivity contribution in [2.75, 3.05) is 24.7 Å². The van der Waals surface area contributed by atoms with Gasteiger partial charge in [-0.25, -0.2) is 0 Å². The van der Waals surface area contributed by atoms with E-state index in [1.54, 1.807) is 12.3 Å². The largest absolute Gasteiger partial charge is 0.481 e. The Morgan fingerprint density at radius 2 is 2.21 bits per heavy atom. The van der Waals surface area contributed by atoms with E-state index in [4.69, 9.17) is 9.84 Å². The first-order valence-electron chi connectivity index (χ1n) is 8.17. The molecule has 1 saturated heterocycles. The molecule has 2 heterocycles. The third-order valence-corrected chi connectivity index (χ3v) is 4.38. The van der Waals surface area contributed by atoms with E-state index in [0.29, 0.717) is 11.7 Å². The molecule has 1 fully saturated rings. The van der Waals surface area contributed by atoms with Crippen molar-refractivity contribution in [2.24, 2.45) is 0 Å². The number of ether oxygens (including phenoxy) is 1. The molecule has 5 heteroatoms. The van der Waals surface area contributed by atoms with Crippen molar-refractivity contribution in [2.45, 2.75) is 26.3 Å². The molecule has 0 unspecified atom stereocenters. The summed E-state index contributed by atoms with van der Waals surface area (Å²) in [6.07, 6.45) is 1.70. The van der Waals surface area contributed by atoms with Crippen molar-refractivity contribution in [3.63, 3.8) is 0 Å². The highest BCUT2D eigenvalue weighted by atomic mass is 16.5. The summed E-state index contributed by atoms with van der Waals surface area (Å²) in [6.45, 7) is 6.70. The van der Waals surface area contributed by atoms with Gasteiger partial charge in [-0.2, -0.15) is 0 Å². The molecule has 24 heavy (non-hydrogen) atoms. The lowest BCUT2D eigenvalue weighted by molar-refractivity contribution is -0.136. The molecule has 1 aliphatic heterocycles. The van der Waals surface area contributed by atoms with Crippen LogP contribution in [-0.4, -0.2) is 41.9 Å². The van der Waals surface area contributed by atoms with Crippen LogP contribution in [0, 0.1) is 6.92 Å². The summed E-state index contributed by atoms with van der Waals surface area (Å²) < 4.78 is 5.50. The maximum atomic E-state index is 10.7. The Labute approximate surface area is 141 Å². The number of aliphatic carboxylic acids is 1. The van der Waals surface area contributed by atoms with E-state index < -0.39 is 5.97 Å². The molecule has 0 spiro atoms. The average Bonchev–Trinajstić information content (AvgIpc) is 2.56. The molecule has 1 aliphatic rings. The van der Waals surface area contributed by atoms with Crippen molar-refractivity contribution < 1.29 is 14.6 Å². The van der Waals surface area contributed by atoms with E-state index >= 15 is 0 Å². The Kier molecular flexibility index (Phi) is 4.81. The number of carboxylic acid groups (broad SMARTS) is 1. The standard InChI is InChI=1S/C19H22N2O3/c1-13-9-17(21-7-8-24-12-14(21)2)5-6-18(13)15-3-4-16(20-11-15)10-19(22)23/h3-6,9,11,14H,7-8,10,12H2,1-2H3,(H,22,23)/t14-/m0/s1. The third kappa shape index (κ3) is 3.57. The number of benzene rings is 1. The number of anilines is 1. The smallest absolute Gasteiger partial charge is 0.309 e. The number of carbonyl (C=O) groups is 1. The zero-order chi connectivity index (χ0) is 17.1. The second-order valence-electron chi connectivity index (χ2n) is 6.23. The van der Waals surface area contributed by atoms with Crippen molar-refractivity contribution in [1.29, 1.82) is 0 Å². The van der Waals surface area contributed by atoms with Crippen LogP contribution in [0.1, 0.15) is 18.2 Å². The van der Waals surface area contributed by atoms with Gasteiger partial charge in [-0.05, 0) is 43.2 Å². The van der Waals surface area contributed by atoms with E-state index in [2.05, 4.69) is 41.9 Å². The number of hydrogen-bond donors (Lipinski definition) is 1. The van der Waals surface area contributed by atoms with Gasteiger partial charge in [0.25, 0.3) is 0 Å². The molecular formula is C19H22N2O3. The van der Waals surface area contributed by atoms with Crippen molar-refractivity contribution >= 4 is 11.7 Å². The highest BCUT2D eigenvalue weighted by molar-refractivity contribution is 5.72. The Hall–Kier alpha value is -2.40. The predicted molar refractivity (Wildman–Crippen MR) is 93.4 cm³/mol. The van der Waals surface area contributed by atoms with E-state index in [0.717, 1.165) is 30.9 Å². The second-order valence-corrected chi connectivity index (χ2v) is 6.23. The van der Waals surface area contributed by atoms with Crippen LogP contribution in [-0.2, 0) is 16.0 Å². The molecule has 0 radical (unpaired) electrons. The Morgan fingerprint density at radius 3 is 2.83 bits per heavy atom. The molecule has 1 atom stereocenters. The number of aryl methyl sites for hydroxylation is 1. The number of pyridine rings is 1. The van der Waals surface area contributed by atoms with Gasteiger partial charge in [0.15, 0.2) is 0 Å². The SMILES string of the molecule is Cc1cc(N2CCOC[C@@H]2C)ccc1-c1ccc(CC(=O)O)nc1. The predicted octanol–water partition coefficient (Wildman–Crippen LogP) is 2.91. The lowest BCUT2D eigenvalue weighted by atomic mass is 10.0. The molecule has 0 saturated carbocycles. The Bertz CT molecular complexity index is 728. The minimum atomic E-state index is -0.865. The minimum absolute atomic E-state index is 0.0485. The molecule has 126 valence electrons. The van der Waals surface area contributed by atoms with E-state index in [9.17, 15) is 4.79 Å².